The van der Waals surface area contributed by atoms with E-state index >= 15 is 0 Å². The number of carbonyl (C=O) groups excluding carboxylic acids is 2. The van der Waals surface area contributed by atoms with E-state index in [-0.39, 0.29) is 23.3 Å². The zero-order valence-electron chi connectivity index (χ0n) is 17.9. The molecular formula is C25H27N3O3. The second kappa shape index (κ2) is 8.84. The lowest BCUT2D eigenvalue weighted by Crippen LogP contribution is -2.43. The minimum absolute atomic E-state index is 0.0636. The number of aromatic amines is 1. The van der Waals surface area contributed by atoms with Crippen LogP contribution in [0.15, 0.2) is 53.3 Å². The Labute approximate surface area is 181 Å². The number of nitrogens with one attached hydrogen (secondary N) is 1. The lowest BCUT2D eigenvalue weighted by Gasteiger charge is -2.32. The minimum atomic E-state index is -0.512. The molecule has 0 bridgehead atoms. The van der Waals surface area contributed by atoms with Gasteiger partial charge in [0, 0.05) is 30.3 Å². The standard InChI is InChI=1S/C25H27N3O3/c1-16(2)13-19-14-22(27-25(31)26-19)24(30)28-12-6-9-18(15-28)23(29)21-11-5-8-17-7-3-4-10-20(17)21/h3-5,7-8,10-11,14,16,18H,6,9,12-13,15H2,1-2H3,(H,26,27,31). The molecule has 31 heavy (non-hydrogen) atoms. The van der Waals surface area contributed by atoms with Crippen LogP contribution < -0.4 is 5.69 Å². The van der Waals surface area contributed by atoms with Crippen LogP contribution in [0.25, 0.3) is 10.8 Å². The number of H-pyrrole nitrogens is 1. The normalized spacial score (nSPS) is 16.6. The molecule has 160 valence electrons. The molecule has 4 rings (SSSR count). The van der Waals surface area contributed by atoms with Gasteiger partial charge in [0.1, 0.15) is 5.69 Å². The van der Waals surface area contributed by atoms with Crippen molar-refractivity contribution in [2.24, 2.45) is 11.8 Å². The van der Waals surface area contributed by atoms with Gasteiger partial charge in [-0.05, 0) is 42.0 Å². The molecule has 2 aromatic carbocycles. The van der Waals surface area contributed by atoms with Crippen molar-refractivity contribution in [3.05, 3.63) is 76.0 Å². The van der Waals surface area contributed by atoms with Gasteiger partial charge in [0.25, 0.3) is 5.91 Å². The van der Waals surface area contributed by atoms with Crippen LogP contribution in [0.5, 0.6) is 0 Å². The molecule has 1 N–H and O–H groups in total. The first-order valence-electron chi connectivity index (χ1n) is 10.8. The average molecular weight is 418 g/mol. The van der Waals surface area contributed by atoms with Gasteiger partial charge < -0.3 is 9.88 Å². The molecule has 1 amide bonds. The van der Waals surface area contributed by atoms with E-state index in [1.165, 1.54) is 0 Å². The summed E-state index contributed by atoms with van der Waals surface area (Å²) in [5.74, 6) is -0.139. The molecule has 3 aromatic rings. The van der Waals surface area contributed by atoms with Gasteiger partial charge >= 0.3 is 5.69 Å². The van der Waals surface area contributed by atoms with Gasteiger partial charge in [-0.1, -0.05) is 56.3 Å². The molecule has 1 unspecified atom stereocenters. The fourth-order valence-electron chi connectivity index (χ4n) is 4.37. The van der Waals surface area contributed by atoms with Crippen molar-refractivity contribution in [3.63, 3.8) is 0 Å². The summed E-state index contributed by atoms with van der Waals surface area (Å²) in [5.41, 5.74) is 1.05. The highest BCUT2D eigenvalue weighted by molar-refractivity contribution is 6.09. The van der Waals surface area contributed by atoms with E-state index in [2.05, 4.69) is 9.97 Å². The number of benzene rings is 2. The Bertz CT molecular complexity index is 1180. The van der Waals surface area contributed by atoms with Crippen LogP contribution in [-0.2, 0) is 6.42 Å². The van der Waals surface area contributed by atoms with Crippen LogP contribution in [0.1, 0.15) is 53.2 Å². The van der Waals surface area contributed by atoms with E-state index in [0.717, 1.165) is 23.6 Å². The first-order chi connectivity index (χ1) is 14.9. The molecule has 0 saturated carbocycles. The number of hydrogen-bond acceptors (Lipinski definition) is 4. The maximum absolute atomic E-state index is 13.3. The first kappa shape index (κ1) is 21.0. The fourth-order valence-corrected chi connectivity index (χ4v) is 4.37. The Morgan fingerprint density at radius 2 is 1.94 bits per heavy atom. The van der Waals surface area contributed by atoms with E-state index in [0.29, 0.717) is 36.7 Å². The highest BCUT2D eigenvalue weighted by Gasteiger charge is 2.31. The third kappa shape index (κ3) is 4.58. The fraction of sp³-hybridized carbons (Fsp3) is 0.360. The van der Waals surface area contributed by atoms with Crippen molar-refractivity contribution in [1.82, 2.24) is 14.9 Å². The second-order valence-corrected chi connectivity index (χ2v) is 8.68. The Balaban J connectivity index is 1.56. The van der Waals surface area contributed by atoms with Crippen LogP contribution >= 0.6 is 0 Å². The molecule has 0 spiro atoms. The molecule has 1 aliphatic rings. The molecule has 6 nitrogen and oxygen atoms in total. The highest BCUT2D eigenvalue weighted by Crippen LogP contribution is 2.26. The van der Waals surface area contributed by atoms with Crippen molar-refractivity contribution in [2.45, 2.75) is 33.1 Å². The molecule has 1 saturated heterocycles. The summed E-state index contributed by atoms with van der Waals surface area (Å²) in [6.07, 6.45) is 2.16. The molecule has 0 radical (unpaired) electrons. The molecular weight excluding hydrogens is 390 g/mol. The van der Waals surface area contributed by atoms with E-state index in [9.17, 15) is 14.4 Å². The summed E-state index contributed by atoms with van der Waals surface area (Å²) < 4.78 is 0. The minimum Gasteiger partial charge on any atom is -0.337 e. The van der Waals surface area contributed by atoms with Gasteiger partial charge in [0.05, 0.1) is 0 Å². The summed E-state index contributed by atoms with van der Waals surface area (Å²) in [6.45, 7) is 5.00. The van der Waals surface area contributed by atoms with Crippen molar-refractivity contribution in [3.8, 4) is 0 Å². The molecule has 1 atom stereocenters. The molecule has 1 aromatic heterocycles. The number of likely N-dealkylation sites (tertiary alicyclic amines) is 1. The number of Topliss-reactive ketones (excluding diaryl/α,β-unsaturated/α-hetero) is 1. The van der Waals surface area contributed by atoms with E-state index < -0.39 is 5.69 Å². The van der Waals surface area contributed by atoms with Crippen LogP contribution in [0.3, 0.4) is 0 Å². The summed E-state index contributed by atoms with van der Waals surface area (Å²) in [6, 6.07) is 15.3. The number of hydrogen-bond donors (Lipinski definition) is 1. The van der Waals surface area contributed by atoms with Crippen LogP contribution in [-0.4, -0.2) is 39.6 Å². The van der Waals surface area contributed by atoms with Gasteiger partial charge in [-0.2, -0.15) is 4.98 Å². The van der Waals surface area contributed by atoms with E-state index in [1.54, 1.807) is 11.0 Å². The number of carbonyl (C=O) groups is 2. The maximum atomic E-state index is 13.3. The third-order valence-corrected chi connectivity index (χ3v) is 5.78. The number of aromatic nitrogens is 2. The smallest absolute Gasteiger partial charge is 0.337 e. The zero-order chi connectivity index (χ0) is 22.0. The van der Waals surface area contributed by atoms with Gasteiger partial charge in [-0.3, -0.25) is 9.59 Å². The molecule has 1 aliphatic heterocycles. The van der Waals surface area contributed by atoms with E-state index in [1.807, 2.05) is 56.3 Å². The number of amides is 1. The number of nitrogens with zero attached hydrogens (tertiary/aromatic N) is 2. The Kier molecular flexibility index (Phi) is 5.98. The van der Waals surface area contributed by atoms with Crippen molar-refractivity contribution in [1.29, 1.82) is 0 Å². The van der Waals surface area contributed by atoms with Crippen LogP contribution in [0, 0.1) is 11.8 Å². The predicted octanol–water partition coefficient (Wildman–Crippen LogP) is 3.86. The maximum Gasteiger partial charge on any atom is 0.345 e. The molecule has 6 heteroatoms. The third-order valence-electron chi connectivity index (χ3n) is 5.78. The second-order valence-electron chi connectivity index (χ2n) is 8.68. The summed E-state index contributed by atoms with van der Waals surface area (Å²) in [7, 11) is 0. The number of piperidine rings is 1. The largest absolute Gasteiger partial charge is 0.345 e. The summed E-state index contributed by atoms with van der Waals surface area (Å²) in [5, 5.41) is 1.97. The SMILES string of the molecule is CC(C)Cc1cc(C(=O)N2CCCC(C(=O)c3cccc4ccccc34)C2)nc(=O)[nH]1. The topological polar surface area (TPSA) is 83.1 Å². The number of fused-ring (bicyclic) bond motifs is 1. The van der Waals surface area contributed by atoms with Gasteiger partial charge in [0.15, 0.2) is 5.78 Å². The summed E-state index contributed by atoms with van der Waals surface area (Å²) in [4.78, 5) is 46.7. The van der Waals surface area contributed by atoms with Crippen LogP contribution in [0.4, 0.5) is 0 Å². The first-order valence-corrected chi connectivity index (χ1v) is 10.8. The van der Waals surface area contributed by atoms with Gasteiger partial charge in [-0.25, -0.2) is 4.79 Å². The van der Waals surface area contributed by atoms with Gasteiger partial charge in [0.2, 0.25) is 0 Å². The Morgan fingerprint density at radius 1 is 1.16 bits per heavy atom. The van der Waals surface area contributed by atoms with Crippen molar-refractivity contribution in [2.75, 3.05) is 13.1 Å². The molecule has 2 heterocycles. The van der Waals surface area contributed by atoms with Crippen LogP contribution in [0.2, 0.25) is 0 Å². The monoisotopic (exact) mass is 417 g/mol. The lowest BCUT2D eigenvalue weighted by atomic mass is 9.88. The highest BCUT2D eigenvalue weighted by atomic mass is 16.2. The van der Waals surface area contributed by atoms with Crippen molar-refractivity contribution >= 4 is 22.5 Å². The lowest BCUT2D eigenvalue weighted by molar-refractivity contribution is 0.0632. The van der Waals surface area contributed by atoms with Crippen molar-refractivity contribution < 1.29 is 9.59 Å². The Morgan fingerprint density at radius 3 is 2.74 bits per heavy atom. The predicted molar refractivity (Wildman–Crippen MR) is 120 cm³/mol. The van der Waals surface area contributed by atoms with Gasteiger partial charge in [-0.15, -0.1) is 0 Å². The quantitative estimate of drug-likeness (QED) is 0.639. The molecule has 0 aliphatic carbocycles. The number of rotatable bonds is 5. The van der Waals surface area contributed by atoms with E-state index in [4.69, 9.17) is 0 Å². The average Bonchev–Trinajstić information content (AvgIpc) is 2.77. The Hall–Kier alpha value is -3.28. The number of ketones is 1. The zero-order valence-corrected chi connectivity index (χ0v) is 17.9. The molecule has 1 fully saturated rings. The summed E-state index contributed by atoms with van der Waals surface area (Å²) >= 11 is 0.